The van der Waals surface area contributed by atoms with Crippen LogP contribution in [0.25, 0.3) is 11.1 Å². The first kappa shape index (κ1) is 15.8. The number of para-hydroxylation sites is 1. The van der Waals surface area contributed by atoms with E-state index in [1.165, 1.54) is 0 Å². The maximum Gasteiger partial charge on any atom is 0.335 e. The number of aromatic carboxylic acids is 1. The quantitative estimate of drug-likeness (QED) is 0.597. The molecule has 0 unspecified atom stereocenters. The highest BCUT2D eigenvalue weighted by Crippen LogP contribution is 2.21. The van der Waals surface area contributed by atoms with E-state index in [0.717, 1.165) is 22.4 Å². The van der Waals surface area contributed by atoms with Crippen LogP contribution in [0.2, 0.25) is 0 Å². The number of hydrogen-bond donors (Lipinski definition) is 3. The van der Waals surface area contributed by atoms with Gasteiger partial charge in [-0.25, -0.2) is 10.2 Å². The summed E-state index contributed by atoms with van der Waals surface area (Å²) in [5.41, 5.74) is 10.6. The summed E-state index contributed by atoms with van der Waals surface area (Å²) in [5.74, 6) is -0.915. The Kier molecular flexibility index (Phi) is 4.89. The summed E-state index contributed by atoms with van der Waals surface area (Å²) in [6, 6.07) is 24.9. The SMILES string of the molecule is O=C(O)c1cccc(-c2cccc(CNNc3ccccc3)c2)c1. The maximum absolute atomic E-state index is 11.1. The lowest BCUT2D eigenvalue weighted by molar-refractivity contribution is 0.0697. The van der Waals surface area contributed by atoms with Crippen LogP contribution in [0.15, 0.2) is 78.9 Å². The Morgan fingerprint density at radius 3 is 2.29 bits per heavy atom. The molecule has 120 valence electrons. The van der Waals surface area contributed by atoms with Crippen molar-refractivity contribution < 1.29 is 9.90 Å². The van der Waals surface area contributed by atoms with Gasteiger partial charge < -0.3 is 10.5 Å². The molecule has 3 aromatic carbocycles. The number of hydrazine groups is 1. The van der Waals surface area contributed by atoms with Crippen LogP contribution in [0.4, 0.5) is 5.69 Å². The normalized spacial score (nSPS) is 10.3. The highest BCUT2D eigenvalue weighted by molar-refractivity contribution is 5.89. The van der Waals surface area contributed by atoms with E-state index >= 15 is 0 Å². The maximum atomic E-state index is 11.1. The topological polar surface area (TPSA) is 61.4 Å². The van der Waals surface area contributed by atoms with Gasteiger partial charge in [-0.2, -0.15) is 0 Å². The van der Waals surface area contributed by atoms with Gasteiger partial charge in [0.15, 0.2) is 0 Å². The van der Waals surface area contributed by atoms with Crippen molar-refractivity contribution in [1.29, 1.82) is 0 Å². The Morgan fingerprint density at radius 2 is 1.54 bits per heavy atom. The number of nitrogens with one attached hydrogen (secondary N) is 2. The van der Waals surface area contributed by atoms with Crippen molar-refractivity contribution in [2.24, 2.45) is 0 Å². The molecule has 0 amide bonds. The standard InChI is InChI=1S/C20H18N2O2/c23-20(24)18-9-5-8-17(13-18)16-7-4-6-15(12-16)14-21-22-19-10-2-1-3-11-19/h1-13,21-22H,14H2,(H,23,24). The zero-order valence-corrected chi connectivity index (χ0v) is 13.1. The zero-order valence-electron chi connectivity index (χ0n) is 13.1. The molecule has 0 heterocycles. The molecular weight excluding hydrogens is 300 g/mol. The molecule has 24 heavy (non-hydrogen) atoms. The van der Waals surface area contributed by atoms with Gasteiger partial charge in [0.25, 0.3) is 0 Å². The van der Waals surface area contributed by atoms with Crippen molar-refractivity contribution in [3.63, 3.8) is 0 Å². The molecule has 4 nitrogen and oxygen atoms in total. The van der Waals surface area contributed by atoms with Gasteiger partial charge in [0, 0.05) is 12.2 Å². The third-order valence-corrected chi connectivity index (χ3v) is 3.67. The Labute approximate surface area is 140 Å². The summed E-state index contributed by atoms with van der Waals surface area (Å²) in [6.45, 7) is 0.654. The van der Waals surface area contributed by atoms with Gasteiger partial charge in [0.2, 0.25) is 0 Å². The first-order chi connectivity index (χ1) is 11.7. The summed E-state index contributed by atoms with van der Waals surface area (Å²) in [5, 5.41) is 9.12. The fourth-order valence-corrected chi connectivity index (χ4v) is 2.46. The average Bonchev–Trinajstić information content (AvgIpc) is 2.63. The van der Waals surface area contributed by atoms with E-state index in [2.05, 4.69) is 16.9 Å². The van der Waals surface area contributed by atoms with Gasteiger partial charge in [0.05, 0.1) is 5.56 Å². The second-order valence-corrected chi connectivity index (χ2v) is 5.43. The fraction of sp³-hybridized carbons (Fsp3) is 0.0500. The number of carboxylic acid groups (broad SMARTS) is 1. The number of benzene rings is 3. The van der Waals surface area contributed by atoms with Crippen molar-refractivity contribution in [2.45, 2.75) is 6.54 Å². The molecule has 3 aromatic rings. The Morgan fingerprint density at radius 1 is 0.833 bits per heavy atom. The predicted octanol–water partition coefficient (Wildman–Crippen LogP) is 4.17. The smallest absolute Gasteiger partial charge is 0.335 e. The Hall–Kier alpha value is -3.11. The highest BCUT2D eigenvalue weighted by Gasteiger charge is 2.05. The lowest BCUT2D eigenvalue weighted by Crippen LogP contribution is -2.20. The van der Waals surface area contributed by atoms with Crippen molar-refractivity contribution in [3.05, 3.63) is 90.0 Å². The molecule has 0 atom stereocenters. The molecule has 0 saturated carbocycles. The van der Waals surface area contributed by atoms with Crippen LogP contribution >= 0.6 is 0 Å². The monoisotopic (exact) mass is 318 g/mol. The Balaban J connectivity index is 1.70. The van der Waals surface area contributed by atoms with Gasteiger partial charge in [-0.3, -0.25) is 0 Å². The number of carbonyl (C=O) groups is 1. The van der Waals surface area contributed by atoms with Gasteiger partial charge in [0.1, 0.15) is 0 Å². The van der Waals surface area contributed by atoms with Gasteiger partial charge in [-0.1, -0.05) is 48.5 Å². The molecule has 0 aliphatic carbocycles. The van der Waals surface area contributed by atoms with Crippen molar-refractivity contribution >= 4 is 11.7 Å². The van der Waals surface area contributed by atoms with E-state index < -0.39 is 5.97 Å². The largest absolute Gasteiger partial charge is 0.478 e. The van der Waals surface area contributed by atoms with Crippen LogP contribution in [0.3, 0.4) is 0 Å². The lowest BCUT2D eigenvalue weighted by atomic mass is 10.0. The van der Waals surface area contributed by atoms with Crippen LogP contribution in [0.1, 0.15) is 15.9 Å². The molecule has 0 spiro atoms. The van der Waals surface area contributed by atoms with E-state index in [1.807, 2.05) is 54.6 Å². The fourth-order valence-electron chi connectivity index (χ4n) is 2.46. The first-order valence-electron chi connectivity index (χ1n) is 7.69. The molecule has 0 aliphatic heterocycles. The summed E-state index contributed by atoms with van der Waals surface area (Å²) in [6.07, 6.45) is 0. The van der Waals surface area contributed by atoms with Crippen LogP contribution in [0, 0.1) is 0 Å². The summed E-state index contributed by atoms with van der Waals surface area (Å²) < 4.78 is 0. The minimum absolute atomic E-state index is 0.293. The van der Waals surface area contributed by atoms with Crippen LogP contribution in [-0.2, 0) is 6.54 Å². The number of anilines is 1. The molecular formula is C20H18N2O2. The third kappa shape index (κ3) is 4.00. The van der Waals surface area contributed by atoms with Crippen molar-refractivity contribution in [3.8, 4) is 11.1 Å². The molecule has 0 aromatic heterocycles. The zero-order chi connectivity index (χ0) is 16.8. The van der Waals surface area contributed by atoms with E-state index in [-0.39, 0.29) is 0 Å². The van der Waals surface area contributed by atoms with Gasteiger partial charge >= 0.3 is 5.97 Å². The average molecular weight is 318 g/mol. The molecule has 3 rings (SSSR count). The summed E-state index contributed by atoms with van der Waals surface area (Å²) >= 11 is 0. The third-order valence-electron chi connectivity index (χ3n) is 3.67. The lowest BCUT2D eigenvalue weighted by Gasteiger charge is -2.10. The molecule has 0 radical (unpaired) electrons. The minimum atomic E-state index is -0.915. The molecule has 0 aliphatic rings. The minimum Gasteiger partial charge on any atom is -0.478 e. The molecule has 0 saturated heterocycles. The van der Waals surface area contributed by atoms with Crippen LogP contribution in [-0.4, -0.2) is 11.1 Å². The Bertz CT molecular complexity index is 832. The molecule has 0 fully saturated rings. The molecule has 3 N–H and O–H groups in total. The van der Waals surface area contributed by atoms with Crippen LogP contribution < -0.4 is 10.9 Å². The van der Waals surface area contributed by atoms with Gasteiger partial charge in [-0.15, -0.1) is 0 Å². The predicted molar refractivity (Wildman–Crippen MR) is 95.7 cm³/mol. The number of carboxylic acids is 1. The van der Waals surface area contributed by atoms with Crippen LogP contribution in [0.5, 0.6) is 0 Å². The highest BCUT2D eigenvalue weighted by atomic mass is 16.4. The van der Waals surface area contributed by atoms with E-state index in [9.17, 15) is 4.79 Å². The van der Waals surface area contributed by atoms with E-state index in [4.69, 9.17) is 5.11 Å². The number of hydrogen-bond acceptors (Lipinski definition) is 3. The van der Waals surface area contributed by atoms with Crippen molar-refractivity contribution in [2.75, 3.05) is 5.43 Å². The van der Waals surface area contributed by atoms with Gasteiger partial charge in [-0.05, 0) is 47.0 Å². The summed E-state index contributed by atoms with van der Waals surface area (Å²) in [7, 11) is 0. The molecule has 4 heteroatoms. The first-order valence-corrected chi connectivity index (χ1v) is 7.69. The van der Waals surface area contributed by atoms with E-state index in [0.29, 0.717) is 12.1 Å². The number of rotatable bonds is 6. The molecule has 0 bridgehead atoms. The second-order valence-electron chi connectivity index (χ2n) is 5.43. The summed E-state index contributed by atoms with van der Waals surface area (Å²) in [4.78, 5) is 11.1. The second kappa shape index (κ2) is 7.44. The van der Waals surface area contributed by atoms with Crippen molar-refractivity contribution in [1.82, 2.24) is 5.43 Å². The van der Waals surface area contributed by atoms with E-state index in [1.54, 1.807) is 18.2 Å².